The van der Waals surface area contributed by atoms with Crippen LogP contribution in [0.4, 0.5) is 0 Å². The van der Waals surface area contributed by atoms with Crippen molar-refractivity contribution < 1.29 is 0 Å². The molecule has 0 aliphatic carbocycles. The normalized spacial score (nSPS) is 13.2. The lowest BCUT2D eigenvalue weighted by Gasteiger charge is -2.26. The van der Waals surface area contributed by atoms with Gasteiger partial charge in [-0.2, -0.15) is 0 Å². The van der Waals surface area contributed by atoms with Crippen molar-refractivity contribution in [2.45, 2.75) is 53.4 Å². The maximum Gasteiger partial charge on any atom is 0.0364 e. The van der Waals surface area contributed by atoms with Gasteiger partial charge in [0.2, 0.25) is 0 Å². The van der Waals surface area contributed by atoms with Crippen molar-refractivity contribution in [1.29, 1.82) is 0 Å². The fourth-order valence-electron chi connectivity index (χ4n) is 2.95. The molecule has 1 atom stereocenters. The number of nitrogens with zero attached hydrogens (tertiary/aromatic N) is 1. The second-order valence-electron chi connectivity index (χ2n) is 6.70. The van der Waals surface area contributed by atoms with Crippen LogP contribution in [0.25, 0.3) is 5.70 Å². The molecular formula is C22H33N. The highest BCUT2D eigenvalue weighted by molar-refractivity contribution is 5.66. The second-order valence-corrected chi connectivity index (χ2v) is 6.70. The Morgan fingerprint density at radius 2 is 1.74 bits per heavy atom. The van der Waals surface area contributed by atoms with Crippen LogP contribution in [0.3, 0.4) is 0 Å². The van der Waals surface area contributed by atoms with Gasteiger partial charge in [-0.3, -0.25) is 0 Å². The molecule has 0 amide bonds. The molecule has 0 N–H and O–H groups in total. The molecule has 0 aliphatic heterocycles. The van der Waals surface area contributed by atoms with Crippen LogP contribution < -0.4 is 0 Å². The van der Waals surface area contributed by atoms with Crippen molar-refractivity contribution in [3.05, 3.63) is 64.8 Å². The fraction of sp³-hybridized carbons (Fsp3) is 0.455. The molecule has 0 fully saturated rings. The molecule has 0 unspecified atom stereocenters. The molecule has 1 rings (SSSR count). The molecule has 0 saturated carbocycles. The third kappa shape index (κ3) is 4.86. The predicted molar refractivity (Wildman–Crippen MR) is 105 cm³/mol. The van der Waals surface area contributed by atoms with Crippen molar-refractivity contribution in [1.82, 2.24) is 4.90 Å². The van der Waals surface area contributed by atoms with E-state index in [2.05, 4.69) is 90.5 Å². The smallest absolute Gasteiger partial charge is 0.0364 e. The number of benzene rings is 1. The zero-order chi connectivity index (χ0) is 17.6. The van der Waals surface area contributed by atoms with E-state index in [4.69, 9.17) is 0 Å². The minimum atomic E-state index is 0.415. The van der Waals surface area contributed by atoms with Crippen molar-refractivity contribution >= 4 is 5.70 Å². The van der Waals surface area contributed by atoms with E-state index in [1.807, 2.05) is 0 Å². The first kappa shape index (κ1) is 19.3. The molecule has 0 bridgehead atoms. The predicted octanol–water partition coefficient (Wildman–Crippen LogP) is 6.41. The lowest BCUT2D eigenvalue weighted by atomic mass is 9.82. The van der Waals surface area contributed by atoms with Crippen molar-refractivity contribution in [2.24, 2.45) is 0 Å². The van der Waals surface area contributed by atoms with Gasteiger partial charge in [-0.25, -0.2) is 0 Å². The fourth-order valence-corrected chi connectivity index (χ4v) is 2.95. The summed E-state index contributed by atoms with van der Waals surface area (Å²) in [6.07, 6.45) is 4.54. The maximum absolute atomic E-state index is 4.28. The summed E-state index contributed by atoms with van der Waals surface area (Å²) < 4.78 is 0. The van der Waals surface area contributed by atoms with Gasteiger partial charge in [-0.15, -0.1) is 0 Å². The molecular weight excluding hydrogens is 278 g/mol. The van der Waals surface area contributed by atoms with Crippen molar-refractivity contribution in [3.8, 4) is 0 Å². The van der Waals surface area contributed by atoms with Gasteiger partial charge in [0.15, 0.2) is 0 Å². The monoisotopic (exact) mass is 311 g/mol. The Morgan fingerprint density at radius 1 is 1.13 bits per heavy atom. The van der Waals surface area contributed by atoms with Gasteiger partial charge >= 0.3 is 0 Å². The van der Waals surface area contributed by atoms with Gasteiger partial charge in [0.1, 0.15) is 0 Å². The molecule has 0 aromatic heterocycles. The Kier molecular flexibility index (Phi) is 7.35. The standard InChI is InChI=1S/C22H33N/c1-9-17(5)22(15-16(3)4)19(10-2)21-14-12-11-13-20(21)18(6)23(7)8/h11-15,19H,6,9-10H2,1-5,7-8H3/b22-17-/t19-/m0/s1. The molecule has 0 aliphatic rings. The Hall–Kier alpha value is -1.76. The maximum atomic E-state index is 4.28. The van der Waals surface area contributed by atoms with E-state index in [1.54, 1.807) is 0 Å². The van der Waals surface area contributed by atoms with Crippen molar-refractivity contribution in [3.63, 3.8) is 0 Å². The third-order valence-corrected chi connectivity index (χ3v) is 4.44. The molecule has 0 saturated heterocycles. The van der Waals surface area contributed by atoms with E-state index in [0.717, 1.165) is 18.5 Å². The Morgan fingerprint density at radius 3 is 2.22 bits per heavy atom. The average molecular weight is 312 g/mol. The van der Waals surface area contributed by atoms with Gasteiger partial charge in [0.25, 0.3) is 0 Å². The highest BCUT2D eigenvalue weighted by atomic mass is 15.1. The SMILES string of the molecule is C=C(c1ccccc1[C@H](CC)/C(C=C(C)C)=C(/C)CC)N(C)C. The minimum Gasteiger partial charge on any atom is -0.378 e. The van der Waals surface area contributed by atoms with Crippen molar-refractivity contribution in [2.75, 3.05) is 14.1 Å². The zero-order valence-electron chi connectivity index (χ0n) is 16.0. The molecule has 1 nitrogen and oxygen atoms in total. The largest absolute Gasteiger partial charge is 0.378 e. The molecule has 0 spiro atoms. The van der Waals surface area contributed by atoms with E-state index in [1.165, 1.54) is 27.8 Å². The highest BCUT2D eigenvalue weighted by Gasteiger charge is 2.19. The Labute approximate surface area is 143 Å². The van der Waals surface area contributed by atoms with E-state index in [9.17, 15) is 0 Å². The molecule has 0 heterocycles. The average Bonchev–Trinajstić information content (AvgIpc) is 2.53. The van der Waals surface area contributed by atoms with Gasteiger partial charge in [-0.1, -0.05) is 61.9 Å². The minimum absolute atomic E-state index is 0.415. The van der Waals surface area contributed by atoms with Crippen LogP contribution in [-0.4, -0.2) is 19.0 Å². The first-order valence-electron chi connectivity index (χ1n) is 8.63. The summed E-state index contributed by atoms with van der Waals surface area (Å²) in [6.45, 7) is 15.4. The van der Waals surface area contributed by atoms with Crippen LogP contribution in [-0.2, 0) is 0 Å². The van der Waals surface area contributed by atoms with E-state index in [0.29, 0.717) is 5.92 Å². The number of hydrogen-bond donors (Lipinski definition) is 0. The van der Waals surface area contributed by atoms with Gasteiger partial charge in [-0.05, 0) is 44.7 Å². The van der Waals surface area contributed by atoms with Gasteiger partial charge in [0, 0.05) is 31.3 Å². The number of rotatable bonds is 7. The van der Waals surface area contributed by atoms with Crippen LogP contribution >= 0.6 is 0 Å². The molecule has 0 radical (unpaired) electrons. The first-order chi connectivity index (χ1) is 10.8. The summed E-state index contributed by atoms with van der Waals surface area (Å²) in [5.41, 5.74) is 8.01. The highest BCUT2D eigenvalue weighted by Crippen LogP contribution is 2.36. The van der Waals surface area contributed by atoms with Gasteiger partial charge in [0.05, 0.1) is 0 Å². The zero-order valence-corrected chi connectivity index (χ0v) is 16.0. The topological polar surface area (TPSA) is 3.24 Å². The molecule has 126 valence electrons. The van der Waals surface area contributed by atoms with E-state index < -0.39 is 0 Å². The van der Waals surface area contributed by atoms with Crippen LogP contribution in [0, 0.1) is 0 Å². The van der Waals surface area contributed by atoms with E-state index in [-0.39, 0.29) is 0 Å². The summed E-state index contributed by atoms with van der Waals surface area (Å²) in [5, 5.41) is 0. The lowest BCUT2D eigenvalue weighted by Crippen LogP contribution is -2.13. The first-order valence-corrected chi connectivity index (χ1v) is 8.63. The summed E-state index contributed by atoms with van der Waals surface area (Å²) in [5.74, 6) is 0.415. The summed E-state index contributed by atoms with van der Waals surface area (Å²) in [6, 6.07) is 8.71. The van der Waals surface area contributed by atoms with Crippen LogP contribution in [0.2, 0.25) is 0 Å². The van der Waals surface area contributed by atoms with Crippen LogP contribution in [0.5, 0.6) is 0 Å². The quantitative estimate of drug-likeness (QED) is 0.526. The summed E-state index contributed by atoms with van der Waals surface area (Å²) >= 11 is 0. The molecule has 1 aromatic carbocycles. The molecule has 23 heavy (non-hydrogen) atoms. The number of allylic oxidation sites excluding steroid dienone is 4. The Bertz CT molecular complexity index is 598. The van der Waals surface area contributed by atoms with Crippen LogP contribution in [0.1, 0.15) is 64.5 Å². The summed E-state index contributed by atoms with van der Waals surface area (Å²) in [7, 11) is 4.12. The summed E-state index contributed by atoms with van der Waals surface area (Å²) in [4.78, 5) is 2.10. The van der Waals surface area contributed by atoms with E-state index >= 15 is 0 Å². The second kappa shape index (κ2) is 8.76. The third-order valence-electron chi connectivity index (χ3n) is 4.44. The Balaban J connectivity index is 3.52. The lowest BCUT2D eigenvalue weighted by molar-refractivity contribution is 0.591. The molecule has 1 aromatic rings. The van der Waals surface area contributed by atoms with Crippen LogP contribution in [0.15, 0.2) is 53.6 Å². The molecule has 1 heteroatoms. The number of hydrogen-bond acceptors (Lipinski definition) is 1. The van der Waals surface area contributed by atoms with Gasteiger partial charge < -0.3 is 4.90 Å².